The van der Waals surface area contributed by atoms with Crippen LogP contribution in [-0.2, 0) is 16.6 Å². The molecule has 148 valence electrons. The standard InChI is InChI=1S/C23H29N3O2/c1-5-14-7-6-8-16(9-14)25-21(27)20-17-12-26(13-18(17)20)22(28)15-10-19(24-11-15)23(2,3)4/h6-11,17-18,20,24H,5,12-13H2,1-4H3,(H,25,27)/t17-,18-/m0/s1. The second-order valence-electron chi connectivity index (χ2n) is 9.16. The number of amides is 2. The second-order valence-corrected chi connectivity index (χ2v) is 9.16. The quantitative estimate of drug-likeness (QED) is 0.848. The summed E-state index contributed by atoms with van der Waals surface area (Å²) >= 11 is 0. The zero-order chi connectivity index (χ0) is 20.1. The van der Waals surface area contributed by atoms with Crippen LogP contribution in [0.3, 0.4) is 0 Å². The highest BCUT2D eigenvalue weighted by molar-refractivity contribution is 5.97. The number of aryl methyl sites for hydroxylation is 1. The Bertz CT molecular complexity index is 897. The molecule has 0 unspecified atom stereocenters. The molecule has 2 amide bonds. The van der Waals surface area contributed by atoms with E-state index < -0.39 is 0 Å². The smallest absolute Gasteiger partial charge is 0.255 e. The predicted octanol–water partition coefficient (Wildman–Crippen LogP) is 3.83. The summed E-state index contributed by atoms with van der Waals surface area (Å²) < 4.78 is 0. The number of rotatable bonds is 4. The zero-order valence-corrected chi connectivity index (χ0v) is 17.1. The first-order chi connectivity index (χ1) is 13.3. The first kappa shape index (κ1) is 18.8. The van der Waals surface area contributed by atoms with Crippen molar-refractivity contribution < 1.29 is 9.59 Å². The molecular formula is C23H29N3O2. The van der Waals surface area contributed by atoms with Crippen LogP contribution in [0.4, 0.5) is 5.69 Å². The van der Waals surface area contributed by atoms with Crippen LogP contribution in [0.2, 0.25) is 0 Å². The lowest BCUT2D eigenvalue weighted by atomic mass is 9.92. The van der Waals surface area contributed by atoms with Crippen LogP contribution in [0.5, 0.6) is 0 Å². The van der Waals surface area contributed by atoms with Gasteiger partial charge in [0.15, 0.2) is 0 Å². The van der Waals surface area contributed by atoms with Gasteiger partial charge in [-0.2, -0.15) is 0 Å². The number of aromatic amines is 1. The van der Waals surface area contributed by atoms with E-state index >= 15 is 0 Å². The molecule has 2 N–H and O–H groups in total. The van der Waals surface area contributed by atoms with E-state index in [1.807, 2.05) is 29.2 Å². The lowest BCUT2D eigenvalue weighted by molar-refractivity contribution is -0.118. The van der Waals surface area contributed by atoms with E-state index in [4.69, 9.17) is 0 Å². The zero-order valence-electron chi connectivity index (χ0n) is 17.1. The van der Waals surface area contributed by atoms with Gasteiger partial charge in [-0.1, -0.05) is 39.8 Å². The molecule has 2 atom stereocenters. The van der Waals surface area contributed by atoms with Gasteiger partial charge < -0.3 is 15.2 Å². The highest BCUT2D eigenvalue weighted by atomic mass is 16.2. The van der Waals surface area contributed by atoms with E-state index in [0.29, 0.717) is 30.5 Å². The Morgan fingerprint density at radius 3 is 2.50 bits per heavy atom. The topological polar surface area (TPSA) is 65.2 Å². The molecule has 2 aromatic rings. The molecule has 5 heteroatoms. The van der Waals surface area contributed by atoms with E-state index in [1.54, 1.807) is 6.20 Å². The lowest BCUT2D eigenvalue weighted by Gasteiger charge is -2.19. The minimum Gasteiger partial charge on any atom is -0.364 e. The highest BCUT2D eigenvalue weighted by Gasteiger charge is 2.60. The lowest BCUT2D eigenvalue weighted by Crippen LogP contribution is -2.33. The minimum absolute atomic E-state index is 0.00998. The van der Waals surface area contributed by atoms with Gasteiger partial charge in [-0.25, -0.2) is 0 Å². The molecule has 1 aromatic carbocycles. The maximum Gasteiger partial charge on any atom is 0.255 e. The number of likely N-dealkylation sites (tertiary alicyclic amines) is 1. The van der Waals surface area contributed by atoms with Crippen molar-refractivity contribution in [3.8, 4) is 0 Å². The van der Waals surface area contributed by atoms with Gasteiger partial charge in [0.05, 0.1) is 5.56 Å². The normalized spacial score (nSPS) is 23.4. The van der Waals surface area contributed by atoms with Crippen LogP contribution < -0.4 is 5.32 Å². The third-order valence-corrected chi connectivity index (χ3v) is 6.12. The first-order valence-corrected chi connectivity index (χ1v) is 10.2. The molecule has 2 aliphatic rings. The van der Waals surface area contributed by atoms with Gasteiger partial charge in [-0.05, 0) is 42.0 Å². The first-order valence-electron chi connectivity index (χ1n) is 10.2. The Hall–Kier alpha value is -2.56. The van der Waals surface area contributed by atoms with Crippen LogP contribution in [0, 0.1) is 17.8 Å². The number of nitrogens with zero attached hydrogens (tertiary/aromatic N) is 1. The molecule has 0 spiro atoms. The Morgan fingerprint density at radius 2 is 1.89 bits per heavy atom. The van der Waals surface area contributed by atoms with Gasteiger partial charge in [0.2, 0.25) is 5.91 Å². The fourth-order valence-electron chi connectivity index (χ4n) is 4.31. The Labute approximate surface area is 166 Å². The van der Waals surface area contributed by atoms with Crippen LogP contribution in [0.1, 0.15) is 49.3 Å². The van der Waals surface area contributed by atoms with Crippen molar-refractivity contribution >= 4 is 17.5 Å². The number of H-pyrrole nitrogens is 1. The molecule has 1 saturated heterocycles. The van der Waals surface area contributed by atoms with Gasteiger partial charge in [0.1, 0.15) is 0 Å². The summed E-state index contributed by atoms with van der Waals surface area (Å²) in [6.07, 6.45) is 2.75. The number of benzene rings is 1. The van der Waals surface area contributed by atoms with Crippen molar-refractivity contribution in [3.63, 3.8) is 0 Å². The SMILES string of the molecule is CCc1cccc(NC(=O)C2[C@H]3CN(C(=O)c4c[nH]c(C(C)(C)C)c4)C[C@H]23)c1. The summed E-state index contributed by atoms with van der Waals surface area (Å²) in [6.45, 7) is 9.82. The van der Waals surface area contributed by atoms with Gasteiger partial charge in [-0.3, -0.25) is 9.59 Å². The number of fused-ring (bicyclic) bond motifs is 1. The average Bonchev–Trinajstić information content (AvgIpc) is 3.05. The number of aromatic nitrogens is 1. The molecule has 1 saturated carbocycles. The third-order valence-electron chi connectivity index (χ3n) is 6.12. The maximum absolute atomic E-state index is 12.8. The van der Waals surface area contributed by atoms with Crippen molar-refractivity contribution in [3.05, 3.63) is 53.3 Å². The average molecular weight is 380 g/mol. The molecule has 1 aliphatic heterocycles. The van der Waals surface area contributed by atoms with Crippen molar-refractivity contribution in [2.24, 2.45) is 17.8 Å². The molecule has 1 aliphatic carbocycles. The number of nitrogens with one attached hydrogen (secondary N) is 2. The Morgan fingerprint density at radius 1 is 1.18 bits per heavy atom. The van der Waals surface area contributed by atoms with Crippen LogP contribution in [0.25, 0.3) is 0 Å². The van der Waals surface area contributed by atoms with E-state index in [0.717, 1.165) is 17.8 Å². The van der Waals surface area contributed by atoms with Crippen molar-refractivity contribution in [1.82, 2.24) is 9.88 Å². The van der Waals surface area contributed by atoms with Crippen molar-refractivity contribution in [1.29, 1.82) is 0 Å². The maximum atomic E-state index is 12.8. The van der Waals surface area contributed by atoms with Gasteiger partial charge >= 0.3 is 0 Å². The number of carbonyl (C=O) groups excluding carboxylic acids is 2. The molecule has 0 radical (unpaired) electrons. The van der Waals surface area contributed by atoms with Crippen LogP contribution in [0.15, 0.2) is 36.5 Å². The summed E-state index contributed by atoms with van der Waals surface area (Å²) in [5.41, 5.74) is 3.84. The molecule has 2 heterocycles. The second kappa shape index (κ2) is 6.80. The summed E-state index contributed by atoms with van der Waals surface area (Å²) in [5.74, 6) is 0.769. The van der Waals surface area contributed by atoms with E-state index in [9.17, 15) is 9.59 Å². The van der Waals surface area contributed by atoms with Gasteiger partial charge in [-0.15, -0.1) is 0 Å². The Kier molecular flexibility index (Phi) is 4.56. The van der Waals surface area contributed by atoms with Gasteiger partial charge in [0, 0.05) is 42.0 Å². The molecule has 2 fully saturated rings. The highest BCUT2D eigenvalue weighted by Crippen LogP contribution is 2.52. The molecular weight excluding hydrogens is 350 g/mol. The number of hydrogen-bond acceptors (Lipinski definition) is 2. The van der Waals surface area contributed by atoms with Crippen LogP contribution in [-0.4, -0.2) is 34.8 Å². The van der Waals surface area contributed by atoms with E-state index in [1.165, 1.54) is 5.56 Å². The summed E-state index contributed by atoms with van der Waals surface area (Å²) in [5, 5.41) is 3.06. The minimum atomic E-state index is -0.00998. The predicted molar refractivity (Wildman–Crippen MR) is 110 cm³/mol. The third kappa shape index (κ3) is 3.46. The fraction of sp³-hybridized carbons (Fsp3) is 0.478. The van der Waals surface area contributed by atoms with Crippen LogP contribution >= 0.6 is 0 Å². The largest absolute Gasteiger partial charge is 0.364 e. The van der Waals surface area contributed by atoms with E-state index in [2.05, 4.69) is 44.1 Å². The molecule has 28 heavy (non-hydrogen) atoms. The summed E-state index contributed by atoms with van der Waals surface area (Å²) in [4.78, 5) is 30.5. The number of piperidine rings is 1. The molecule has 0 bridgehead atoms. The Balaban J connectivity index is 1.34. The van der Waals surface area contributed by atoms with Gasteiger partial charge in [0.25, 0.3) is 5.91 Å². The molecule has 4 rings (SSSR count). The monoisotopic (exact) mass is 379 g/mol. The fourth-order valence-corrected chi connectivity index (χ4v) is 4.31. The summed E-state index contributed by atoms with van der Waals surface area (Å²) in [7, 11) is 0. The number of anilines is 1. The molecule has 1 aromatic heterocycles. The van der Waals surface area contributed by atoms with Crippen molar-refractivity contribution in [2.75, 3.05) is 18.4 Å². The number of carbonyl (C=O) groups is 2. The van der Waals surface area contributed by atoms with Crippen molar-refractivity contribution in [2.45, 2.75) is 39.5 Å². The summed E-state index contributed by atoms with van der Waals surface area (Å²) in [6, 6.07) is 9.97. The molecule has 5 nitrogen and oxygen atoms in total. The van der Waals surface area contributed by atoms with E-state index in [-0.39, 0.29) is 23.1 Å². The number of hydrogen-bond donors (Lipinski definition) is 2.